The number of nitrogens with one attached hydrogen (secondary N) is 1. The number of fused-ring (bicyclic) bond motifs is 1. The minimum atomic E-state index is 0.863. The fourth-order valence-electron chi connectivity index (χ4n) is 2.07. The molecule has 0 fully saturated rings. The third kappa shape index (κ3) is 1.53. The van der Waals surface area contributed by atoms with Gasteiger partial charge in [0, 0.05) is 30.6 Å². The van der Waals surface area contributed by atoms with Crippen molar-refractivity contribution >= 4 is 0 Å². The van der Waals surface area contributed by atoms with Crippen molar-refractivity contribution in [3.63, 3.8) is 0 Å². The summed E-state index contributed by atoms with van der Waals surface area (Å²) in [5, 5.41) is 7.49. The van der Waals surface area contributed by atoms with Crippen molar-refractivity contribution in [2.75, 3.05) is 6.54 Å². The highest BCUT2D eigenvalue weighted by atomic mass is 16.5. The van der Waals surface area contributed by atoms with E-state index in [0.29, 0.717) is 0 Å². The van der Waals surface area contributed by atoms with Gasteiger partial charge in [-0.1, -0.05) is 35.0 Å². The third-order valence-corrected chi connectivity index (χ3v) is 3.02. The third-order valence-electron chi connectivity index (χ3n) is 3.02. The van der Waals surface area contributed by atoms with Gasteiger partial charge >= 0.3 is 0 Å². The highest BCUT2D eigenvalue weighted by molar-refractivity contribution is 5.62. The van der Waals surface area contributed by atoms with Crippen molar-refractivity contribution in [3.05, 3.63) is 41.1 Å². The van der Waals surface area contributed by atoms with Gasteiger partial charge in [-0.3, -0.25) is 0 Å². The zero-order valence-electron chi connectivity index (χ0n) is 9.29. The van der Waals surface area contributed by atoms with Crippen LogP contribution in [-0.4, -0.2) is 11.7 Å². The molecule has 2 aromatic rings. The van der Waals surface area contributed by atoms with Gasteiger partial charge in [-0.15, -0.1) is 0 Å². The molecule has 1 N–H and O–H groups in total. The Labute approximate surface area is 94.5 Å². The predicted molar refractivity (Wildman–Crippen MR) is 62.1 cm³/mol. The first-order valence-corrected chi connectivity index (χ1v) is 5.60. The standard InChI is InChI=1S/C13H14N2O/c1-9-2-4-10(5-3-9)13-11-8-14-7-6-12(11)15-16-13/h2-5,14H,6-8H2,1H3. The molecule has 2 heterocycles. The molecule has 3 rings (SSSR count). The monoisotopic (exact) mass is 214 g/mol. The first-order chi connectivity index (χ1) is 7.84. The zero-order valence-corrected chi connectivity index (χ0v) is 9.29. The Morgan fingerprint density at radius 3 is 2.88 bits per heavy atom. The van der Waals surface area contributed by atoms with Crippen LogP contribution in [-0.2, 0) is 13.0 Å². The van der Waals surface area contributed by atoms with Crippen molar-refractivity contribution in [2.45, 2.75) is 19.9 Å². The lowest BCUT2D eigenvalue weighted by Gasteiger charge is -2.11. The number of hydrogen-bond acceptors (Lipinski definition) is 3. The molecular weight excluding hydrogens is 200 g/mol. The molecule has 0 radical (unpaired) electrons. The van der Waals surface area contributed by atoms with Crippen LogP contribution in [0.1, 0.15) is 16.8 Å². The molecule has 0 saturated heterocycles. The van der Waals surface area contributed by atoms with E-state index in [0.717, 1.165) is 36.5 Å². The Bertz CT molecular complexity index is 499. The van der Waals surface area contributed by atoms with Crippen molar-refractivity contribution < 1.29 is 4.52 Å². The first-order valence-electron chi connectivity index (χ1n) is 5.60. The number of hydrogen-bond donors (Lipinski definition) is 1. The van der Waals surface area contributed by atoms with Gasteiger partial charge < -0.3 is 9.84 Å². The summed E-state index contributed by atoms with van der Waals surface area (Å²) in [6, 6.07) is 8.37. The molecule has 1 aliphatic rings. The fraction of sp³-hybridized carbons (Fsp3) is 0.308. The van der Waals surface area contributed by atoms with E-state index < -0.39 is 0 Å². The van der Waals surface area contributed by atoms with Gasteiger partial charge in [0.2, 0.25) is 0 Å². The SMILES string of the molecule is Cc1ccc(-c2onc3c2CNCC3)cc1. The van der Waals surface area contributed by atoms with Crippen LogP contribution in [0.2, 0.25) is 0 Å². The lowest BCUT2D eigenvalue weighted by molar-refractivity contribution is 0.423. The van der Waals surface area contributed by atoms with Gasteiger partial charge in [-0.2, -0.15) is 0 Å². The van der Waals surface area contributed by atoms with Gasteiger partial charge in [-0.25, -0.2) is 0 Å². The van der Waals surface area contributed by atoms with Gasteiger partial charge in [0.15, 0.2) is 5.76 Å². The molecule has 3 heteroatoms. The summed E-state index contributed by atoms with van der Waals surface area (Å²) in [6.07, 6.45) is 0.963. The molecule has 0 spiro atoms. The molecule has 0 bridgehead atoms. The first kappa shape index (κ1) is 9.60. The van der Waals surface area contributed by atoms with Crippen LogP contribution in [0.15, 0.2) is 28.8 Å². The summed E-state index contributed by atoms with van der Waals surface area (Å²) in [5.74, 6) is 0.919. The maximum atomic E-state index is 5.45. The maximum absolute atomic E-state index is 5.45. The number of aromatic nitrogens is 1. The molecule has 0 saturated carbocycles. The molecule has 16 heavy (non-hydrogen) atoms. The van der Waals surface area contributed by atoms with Crippen LogP contribution >= 0.6 is 0 Å². The highest BCUT2D eigenvalue weighted by Gasteiger charge is 2.19. The molecule has 1 aliphatic heterocycles. The van der Waals surface area contributed by atoms with E-state index in [2.05, 4.69) is 41.7 Å². The Morgan fingerprint density at radius 1 is 1.25 bits per heavy atom. The highest BCUT2D eigenvalue weighted by Crippen LogP contribution is 2.28. The van der Waals surface area contributed by atoms with Crippen molar-refractivity contribution in [1.82, 2.24) is 10.5 Å². The number of rotatable bonds is 1. The second kappa shape index (κ2) is 3.76. The molecule has 0 atom stereocenters. The summed E-state index contributed by atoms with van der Waals surface area (Å²) < 4.78 is 5.45. The van der Waals surface area contributed by atoms with Gasteiger partial charge in [0.25, 0.3) is 0 Å². The van der Waals surface area contributed by atoms with Crippen LogP contribution < -0.4 is 5.32 Å². The predicted octanol–water partition coefficient (Wildman–Crippen LogP) is 2.30. The summed E-state index contributed by atoms with van der Waals surface area (Å²) in [4.78, 5) is 0. The van der Waals surface area contributed by atoms with Crippen LogP contribution in [0.25, 0.3) is 11.3 Å². The van der Waals surface area contributed by atoms with Crippen LogP contribution in [0.4, 0.5) is 0 Å². The number of nitrogens with zero attached hydrogens (tertiary/aromatic N) is 1. The smallest absolute Gasteiger partial charge is 0.171 e. The topological polar surface area (TPSA) is 38.1 Å². The van der Waals surface area contributed by atoms with E-state index in [1.807, 2.05) is 0 Å². The van der Waals surface area contributed by atoms with Crippen molar-refractivity contribution in [3.8, 4) is 11.3 Å². The molecule has 1 aromatic heterocycles. The average molecular weight is 214 g/mol. The van der Waals surface area contributed by atoms with E-state index in [9.17, 15) is 0 Å². The average Bonchev–Trinajstić information content (AvgIpc) is 2.74. The normalized spacial score (nSPS) is 14.8. The van der Waals surface area contributed by atoms with Crippen LogP contribution in [0, 0.1) is 6.92 Å². The van der Waals surface area contributed by atoms with E-state index >= 15 is 0 Å². The Morgan fingerprint density at radius 2 is 2.06 bits per heavy atom. The molecule has 0 amide bonds. The number of benzene rings is 1. The van der Waals surface area contributed by atoms with Crippen LogP contribution in [0.5, 0.6) is 0 Å². The Kier molecular flexibility index (Phi) is 2.26. The second-order valence-electron chi connectivity index (χ2n) is 4.23. The van der Waals surface area contributed by atoms with Crippen molar-refractivity contribution in [1.29, 1.82) is 0 Å². The largest absolute Gasteiger partial charge is 0.356 e. The second-order valence-corrected chi connectivity index (χ2v) is 4.23. The van der Waals surface area contributed by atoms with Gasteiger partial charge in [0.1, 0.15) is 0 Å². The summed E-state index contributed by atoms with van der Waals surface area (Å²) in [7, 11) is 0. The summed E-state index contributed by atoms with van der Waals surface area (Å²) >= 11 is 0. The molecule has 0 aliphatic carbocycles. The summed E-state index contributed by atoms with van der Waals surface area (Å²) in [6.45, 7) is 3.94. The molecule has 3 nitrogen and oxygen atoms in total. The maximum Gasteiger partial charge on any atom is 0.171 e. The Hall–Kier alpha value is -1.61. The van der Waals surface area contributed by atoms with Crippen LogP contribution in [0.3, 0.4) is 0 Å². The fourth-order valence-corrected chi connectivity index (χ4v) is 2.07. The quantitative estimate of drug-likeness (QED) is 0.791. The van der Waals surface area contributed by atoms with E-state index in [1.165, 1.54) is 11.1 Å². The van der Waals surface area contributed by atoms with Gasteiger partial charge in [-0.05, 0) is 6.92 Å². The zero-order chi connectivity index (χ0) is 11.0. The number of aryl methyl sites for hydroxylation is 1. The minimum Gasteiger partial charge on any atom is -0.356 e. The van der Waals surface area contributed by atoms with E-state index in [4.69, 9.17) is 4.52 Å². The molecule has 82 valence electrons. The van der Waals surface area contributed by atoms with Crippen molar-refractivity contribution in [2.24, 2.45) is 0 Å². The van der Waals surface area contributed by atoms with E-state index in [1.54, 1.807) is 0 Å². The van der Waals surface area contributed by atoms with E-state index in [-0.39, 0.29) is 0 Å². The minimum absolute atomic E-state index is 0.863. The molecule has 0 unspecified atom stereocenters. The lowest BCUT2D eigenvalue weighted by Crippen LogP contribution is -2.23. The Balaban J connectivity index is 2.06. The molecular formula is C13H14N2O. The van der Waals surface area contributed by atoms with Gasteiger partial charge in [0.05, 0.1) is 5.69 Å². The molecule has 1 aromatic carbocycles. The summed E-state index contributed by atoms with van der Waals surface area (Å²) in [5.41, 5.74) is 4.70. The lowest BCUT2D eigenvalue weighted by atomic mass is 10.0.